The summed E-state index contributed by atoms with van der Waals surface area (Å²) >= 11 is 3.27. The third-order valence-corrected chi connectivity index (χ3v) is 3.96. The number of rotatable bonds is 3. The summed E-state index contributed by atoms with van der Waals surface area (Å²) in [7, 11) is 0. The summed E-state index contributed by atoms with van der Waals surface area (Å²) in [5, 5.41) is 13.2. The second kappa shape index (κ2) is 6.75. The first-order chi connectivity index (χ1) is 12.3. The molecule has 0 aliphatic carbocycles. The second-order valence-corrected chi connectivity index (χ2v) is 6.02. The van der Waals surface area contributed by atoms with E-state index >= 15 is 0 Å². The van der Waals surface area contributed by atoms with Gasteiger partial charge in [0.2, 0.25) is 0 Å². The van der Waals surface area contributed by atoms with Crippen molar-refractivity contribution < 1.29 is 18.0 Å². The lowest BCUT2D eigenvalue weighted by Gasteiger charge is -2.26. The quantitative estimate of drug-likeness (QED) is 0.663. The van der Waals surface area contributed by atoms with E-state index in [9.17, 15) is 18.0 Å². The molecular formula is C15H10BrF3N6O. The minimum absolute atomic E-state index is 0.0935. The van der Waals surface area contributed by atoms with Gasteiger partial charge in [0, 0.05) is 10.0 Å². The van der Waals surface area contributed by atoms with E-state index < -0.39 is 23.5 Å². The molecule has 0 unspecified atom stereocenters. The summed E-state index contributed by atoms with van der Waals surface area (Å²) in [5.41, 5.74) is 4.41. The SMILES string of the molecule is NC(=O)N(c1ccc(Br)cc1-c1nnn[nH]1)c1ccccc1C(F)(F)F. The molecule has 0 saturated carbocycles. The van der Waals surface area contributed by atoms with Crippen LogP contribution in [0.25, 0.3) is 11.4 Å². The minimum atomic E-state index is -4.67. The highest BCUT2D eigenvalue weighted by Gasteiger charge is 2.36. The molecule has 26 heavy (non-hydrogen) atoms. The van der Waals surface area contributed by atoms with Crippen LogP contribution in [-0.4, -0.2) is 26.7 Å². The molecule has 1 aromatic heterocycles. The topological polar surface area (TPSA) is 101 Å². The molecule has 0 aliphatic heterocycles. The Morgan fingerprint density at radius 1 is 1.15 bits per heavy atom. The number of aromatic nitrogens is 4. The van der Waals surface area contributed by atoms with E-state index in [1.54, 1.807) is 12.1 Å². The third kappa shape index (κ3) is 3.38. The molecule has 0 aliphatic rings. The molecule has 3 aromatic rings. The van der Waals surface area contributed by atoms with Gasteiger partial charge in [-0.25, -0.2) is 9.89 Å². The highest BCUT2D eigenvalue weighted by molar-refractivity contribution is 9.10. The van der Waals surface area contributed by atoms with Gasteiger partial charge in [-0.3, -0.25) is 4.90 Å². The fourth-order valence-corrected chi connectivity index (χ4v) is 2.80. The number of primary amides is 1. The van der Waals surface area contributed by atoms with Crippen LogP contribution in [-0.2, 0) is 6.18 Å². The van der Waals surface area contributed by atoms with Crippen molar-refractivity contribution in [3.05, 3.63) is 52.5 Å². The minimum Gasteiger partial charge on any atom is -0.351 e. The van der Waals surface area contributed by atoms with Gasteiger partial charge in [0.1, 0.15) is 0 Å². The number of hydrogen-bond donors (Lipinski definition) is 2. The molecule has 0 saturated heterocycles. The van der Waals surface area contributed by atoms with Gasteiger partial charge in [0.15, 0.2) is 5.82 Å². The van der Waals surface area contributed by atoms with Crippen LogP contribution < -0.4 is 10.6 Å². The first-order valence-electron chi connectivity index (χ1n) is 7.08. The molecule has 7 nitrogen and oxygen atoms in total. The van der Waals surface area contributed by atoms with Gasteiger partial charge in [0.25, 0.3) is 0 Å². The lowest BCUT2D eigenvalue weighted by molar-refractivity contribution is -0.137. The van der Waals surface area contributed by atoms with Crippen molar-refractivity contribution >= 4 is 33.3 Å². The van der Waals surface area contributed by atoms with Gasteiger partial charge in [-0.2, -0.15) is 13.2 Å². The van der Waals surface area contributed by atoms with Gasteiger partial charge < -0.3 is 5.73 Å². The van der Waals surface area contributed by atoms with E-state index in [0.717, 1.165) is 17.0 Å². The molecule has 3 rings (SSSR count). The van der Waals surface area contributed by atoms with Gasteiger partial charge in [-0.1, -0.05) is 28.1 Å². The summed E-state index contributed by atoms with van der Waals surface area (Å²) < 4.78 is 40.8. The number of anilines is 2. The van der Waals surface area contributed by atoms with Crippen LogP contribution in [0.1, 0.15) is 5.56 Å². The number of H-pyrrole nitrogens is 1. The summed E-state index contributed by atoms with van der Waals surface area (Å²) in [6, 6.07) is 8.14. The number of aromatic amines is 1. The van der Waals surface area contributed by atoms with E-state index in [-0.39, 0.29) is 11.5 Å². The number of benzene rings is 2. The Hall–Kier alpha value is -2.95. The van der Waals surface area contributed by atoms with Crippen LogP contribution in [0.5, 0.6) is 0 Å². The van der Waals surface area contributed by atoms with Gasteiger partial charge in [-0.15, -0.1) is 5.10 Å². The van der Waals surface area contributed by atoms with E-state index in [1.807, 2.05) is 0 Å². The number of nitrogens with two attached hydrogens (primary N) is 1. The lowest BCUT2D eigenvalue weighted by Crippen LogP contribution is -2.33. The van der Waals surface area contributed by atoms with Gasteiger partial charge >= 0.3 is 12.2 Å². The number of nitrogens with one attached hydrogen (secondary N) is 1. The zero-order valence-corrected chi connectivity index (χ0v) is 14.4. The molecule has 0 radical (unpaired) electrons. The van der Waals surface area contributed by atoms with Crippen LogP contribution in [0.15, 0.2) is 46.9 Å². The molecule has 11 heteroatoms. The van der Waals surface area contributed by atoms with E-state index in [4.69, 9.17) is 5.73 Å². The lowest BCUT2D eigenvalue weighted by atomic mass is 10.1. The Bertz CT molecular complexity index is 945. The predicted octanol–water partition coefficient (Wildman–Crippen LogP) is 3.86. The molecule has 0 atom stereocenters. The fraction of sp³-hybridized carbons (Fsp3) is 0.0667. The molecule has 2 amide bonds. The molecule has 2 aromatic carbocycles. The van der Waals surface area contributed by atoms with Crippen molar-refractivity contribution in [3.8, 4) is 11.4 Å². The molecule has 0 spiro atoms. The summed E-state index contributed by atoms with van der Waals surface area (Å²) in [5.74, 6) is 0.164. The van der Waals surface area contributed by atoms with Crippen LogP contribution >= 0.6 is 15.9 Å². The number of nitrogens with zero attached hydrogens (tertiary/aromatic N) is 4. The number of alkyl halides is 3. The Labute approximate surface area is 153 Å². The van der Waals surface area contributed by atoms with Crippen molar-refractivity contribution in [1.82, 2.24) is 20.6 Å². The summed E-state index contributed by atoms with van der Waals surface area (Å²) in [4.78, 5) is 12.9. The molecule has 134 valence electrons. The highest BCUT2D eigenvalue weighted by atomic mass is 79.9. The number of amides is 2. The summed E-state index contributed by atoms with van der Waals surface area (Å²) in [6.07, 6.45) is -4.67. The highest BCUT2D eigenvalue weighted by Crippen LogP contribution is 2.41. The Morgan fingerprint density at radius 2 is 1.88 bits per heavy atom. The van der Waals surface area contributed by atoms with E-state index in [2.05, 4.69) is 36.6 Å². The number of hydrogen-bond acceptors (Lipinski definition) is 4. The van der Waals surface area contributed by atoms with E-state index in [0.29, 0.717) is 10.0 Å². The molecule has 0 fully saturated rings. The number of urea groups is 1. The second-order valence-electron chi connectivity index (χ2n) is 5.10. The maximum absolute atomic E-state index is 13.4. The van der Waals surface area contributed by atoms with Crippen LogP contribution in [0.4, 0.5) is 29.3 Å². The van der Waals surface area contributed by atoms with Crippen molar-refractivity contribution in [3.63, 3.8) is 0 Å². The third-order valence-electron chi connectivity index (χ3n) is 3.47. The molecular weight excluding hydrogens is 417 g/mol. The number of para-hydroxylation sites is 1. The average molecular weight is 427 g/mol. The van der Waals surface area contributed by atoms with Crippen molar-refractivity contribution in [2.45, 2.75) is 6.18 Å². The maximum atomic E-state index is 13.4. The van der Waals surface area contributed by atoms with Gasteiger partial charge in [-0.05, 0) is 40.8 Å². The number of halogens is 4. The normalized spacial score (nSPS) is 11.4. The van der Waals surface area contributed by atoms with Crippen LogP contribution in [0.2, 0.25) is 0 Å². The largest absolute Gasteiger partial charge is 0.418 e. The standard InChI is InChI=1S/C15H10BrF3N6O/c16-8-5-6-11(9(7-8)13-21-23-24-22-13)25(14(20)26)12-4-2-1-3-10(12)15(17,18)19/h1-7H,(H2,20,26)(H,21,22,23,24). The Kier molecular flexibility index (Phi) is 4.64. The summed E-state index contributed by atoms with van der Waals surface area (Å²) in [6.45, 7) is 0. The fourth-order valence-electron chi connectivity index (χ4n) is 2.44. The van der Waals surface area contributed by atoms with Crippen LogP contribution in [0, 0.1) is 0 Å². The zero-order chi connectivity index (χ0) is 18.9. The molecule has 0 bridgehead atoms. The predicted molar refractivity (Wildman–Crippen MR) is 90.5 cm³/mol. The van der Waals surface area contributed by atoms with Crippen molar-refractivity contribution in [2.75, 3.05) is 4.90 Å². The average Bonchev–Trinajstić information content (AvgIpc) is 3.10. The van der Waals surface area contributed by atoms with Crippen LogP contribution in [0.3, 0.4) is 0 Å². The maximum Gasteiger partial charge on any atom is 0.418 e. The van der Waals surface area contributed by atoms with E-state index in [1.165, 1.54) is 18.2 Å². The monoisotopic (exact) mass is 426 g/mol. The van der Waals surface area contributed by atoms with Crippen molar-refractivity contribution in [2.24, 2.45) is 5.73 Å². The first kappa shape index (κ1) is 17.9. The smallest absolute Gasteiger partial charge is 0.351 e. The molecule has 3 N–H and O–H groups in total. The Morgan fingerprint density at radius 3 is 2.50 bits per heavy atom. The Balaban J connectivity index is 2.26. The number of carbonyl (C=O) groups excluding carboxylic acids is 1. The number of tetrazole rings is 1. The molecule has 1 heterocycles. The first-order valence-corrected chi connectivity index (χ1v) is 7.88. The van der Waals surface area contributed by atoms with Crippen molar-refractivity contribution in [1.29, 1.82) is 0 Å². The zero-order valence-electron chi connectivity index (χ0n) is 12.8. The van der Waals surface area contributed by atoms with Gasteiger partial charge in [0.05, 0.1) is 16.9 Å². The number of carbonyl (C=O) groups is 1.